The average molecular weight is 241 g/mol. The van der Waals surface area contributed by atoms with Gasteiger partial charge in [-0.15, -0.1) is 0 Å². The van der Waals surface area contributed by atoms with Gasteiger partial charge in [-0.25, -0.2) is 9.18 Å². The van der Waals surface area contributed by atoms with E-state index in [-0.39, 0.29) is 16.3 Å². The molecule has 0 fully saturated rings. The van der Waals surface area contributed by atoms with Crippen molar-refractivity contribution in [1.82, 2.24) is 10.2 Å². The summed E-state index contributed by atoms with van der Waals surface area (Å²) in [6.45, 7) is 0. The van der Waals surface area contributed by atoms with Gasteiger partial charge in [-0.05, 0) is 18.2 Å². The molecule has 0 spiro atoms. The molecule has 0 aliphatic carbocycles. The Bertz CT molecular complexity index is 554. The van der Waals surface area contributed by atoms with Crippen LogP contribution in [-0.2, 0) is 0 Å². The van der Waals surface area contributed by atoms with Gasteiger partial charge in [0.2, 0.25) is 0 Å². The molecule has 1 aromatic heterocycles. The van der Waals surface area contributed by atoms with Crippen LogP contribution in [0.4, 0.5) is 4.39 Å². The number of benzene rings is 1. The van der Waals surface area contributed by atoms with Crippen molar-refractivity contribution in [2.75, 3.05) is 0 Å². The fraction of sp³-hybridized carbons (Fsp3) is 0. The minimum Gasteiger partial charge on any atom is -0.478 e. The Morgan fingerprint density at radius 2 is 2.25 bits per heavy atom. The third-order valence-corrected chi connectivity index (χ3v) is 2.38. The number of hydrogen-bond donors (Lipinski definition) is 2. The van der Waals surface area contributed by atoms with E-state index < -0.39 is 11.8 Å². The zero-order chi connectivity index (χ0) is 11.7. The van der Waals surface area contributed by atoms with Crippen molar-refractivity contribution < 1.29 is 14.3 Å². The highest BCUT2D eigenvalue weighted by Gasteiger charge is 2.16. The van der Waals surface area contributed by atoms with Crippen molar-refractivity contribution in [2.45, 2.75) is 0 Å². The second-order valence-electron chi connectivity index (χ2n) is 3.09. The lowest BCUT2D eigenvalue weighted by molar-refractivity contribution is 0.0698. The fourth-order valence-electron chi connectivity index (χ4n) is 1.35. The van der Waals surface area contributed by atoms with Crippen molar-refractivity contribution in [3.63, 3.8) is 0 Å². The van der Waals surface area contributed by atoms with Gasteiger partial charge in [0, 0.05) is 5.56 Å². The second-order valence-corrected chi connectivity index (χ2v) is 3.50. The number of aromatic carboxylic acids is 1. The lowest BCUT2D eigenvalue weighted by Gasteiger charge is -2.02. The molecule has 0 saturated heterocycles. The van der Waals surface area contributed by atoms with Gasteiger partial charge < -0.3 is 5.11 Å². The maximum Gasteiger partial charge on any atom is 0.339 e. The van der Waals surface area contributed by atoms with E-state index in [9.17, 15) is 9.18 Å². The van der Waals surface area contributed by atoms with E-state index in [1.165, 1.54) is 18.3 Å². The fourth-order valence-corrected chi connectivity index (χ4v) is 1.61. The first kappa shape index (κ1) is 10.6. The highest BCUT2D eigenvalue weighted by atomic mass is 35.5. The maximum absolute atomic E-state index is 12.8. The Morgan fingerprint density at radius 1 is 1.50 bits per heavy atom. The Hall–Kier alpha value is -1.88. The standard InChI is InChI=1S/C10H6ClFN2O2/c11-8-3-5(12)1-2-6(8)9-7(10(15)16)4-13-14-9/h1-4H,(H,13,14)(H,15,16). The predicted molar refractivity (Wildman–Crippen MR) is 56.0 cm³/mol. The lowest BCUT2D eigenvalue weighted by atomic mass is 10.1. The van der Waals surface area contributed by atoms with Crippen LogP contribution in [0, 0.1) is 5.82 Å². The van der Waals surface area contributed by atoms with Gasteiger partial charge >= 0.3 is 5.97 Å². The molecule has 2 N–H and O–H groups in total. The van der Waals surface area contributed by atoms with Crippen LogP contribution in [-0.4, -0.2) is 21.3 Å². The van der Waals surface area contributed by atoms with E-state index in [1.807, 2.05) is 0 Å². The van der Waals surface area contributed by atoms with E-state index in [1.54, 1.807) is 0 Å². The number of carboxylic acids is 1. The summed E-state index contributed by atoms with van der Waals surface area (Å²) in [5.74, 6) is -1.60. The molecule has 0 aliphatic rings. The summed E-state index contributed by atoms with van der Waals surface area (Å²) >= 11 is 5.82. The van der Waals surface area contributed by atoms with Gasteiger partial charge in [0.15, 0.2) is 0 Å². The van der Waals surface area contributed by atoms with Crippen molar-refractivity contribution in [2.24, 2.45) is 0 Å². The summed E-state index contributed by atoms with van der Waals surface area (Å²) in [6, 6.07) is 3.72. The van der Waals surface area contributed by atoms with Crippen LogP contribution >= 0.6 is 11.6 Å². The molecule has 4 nitrogen and oxygen atoms in total. The Balaban J connectivity index is 2.59. The molecule has 0 unspecified atom stereocenters. The van der Waals surface area contributed by atoms with E-state index in [0.29, 0.717) is 5.56 Å². The quantitative estimate of drug-likeness (QED) is 0.848. The highest BCUT2D eigenvalue weighted by molar-refractivity contribution is 6.33. The minimum atomic E-state index is -1.12. The number of carboxylic acid groups (broad SMARTS) is 1. The van der Waals surface area contributed by atoms with Gasteiger partial charge in [-0.3, -0.25) is 5.10 Å². The molecule has 0 amide bonds. The molecule has 6 heteroatoms. The molecule has 1 heterocycles. The molecular weight excluding hydrogens is 235 g/mol. The molecule has 2 rings (SSSR count). The van der Waals surface area contributed by atoms with Gasteiger partial charge in [-0.2, -0.15) is 5.10 Å². The van der Waals surface area contributed by atoms with Crippen LogP contribution in [0.5, 0.6) is 0 Å². The Morgan fingerprint density at radius 3 is 2.88 bits per heavy atom. The molecular formula is C10H6ClFN2O2. The summed E-state index contributed by atoms with van der Waals surface area (Å²) in [4.78, 5) is 10.9. The van der Waals surface area contributed by atoms with E-state index in [4.69, 9.17) is 16.7 Å². The normalized spacial score (nSPS) is 10.4. The molecule has 16 heavy (non-hydrogen) atoms. The van der Waals surface area contributed by atoms with E-state index in [0.717, 1.165) is 6.07 Å². The molecule has 0 aliphatic heterocycles. The Labute approximate surface area is 94.7 Å². The molecule has 1 aromatic carbocycles. The second kappa shape index (κ2) is 3.94. The van der Waals surface area contributed by atoms with Crippen molar-refractivity contribution in [3.05, 3.63) is 40.8 Å². The third kappa shape index (κ3) is 1.77. The summed E-state index contributed by atoms with van der Waals surface area (Å²) in [5.41, 5.74) is 0.656. The summed E-state index contributed by atoms with van der Waals surface area (Å²) in [6.07, 6.45) is 1.18. The van der Waals surface area contributed by atoms with Crippen LogP contribution in [0.1, 0.15) is 10.4 Å². The molecule has 0 bridgehead atoms. The number of nitrogens with one attached hydrogen (secondary N) is 1. The first-order valence-corrected chi connectivity index (χ1v) is 4.69. The van der Waals surface area contributed by atoms with Gasteiger partial charge in [-0.1, -0.05) is 11.6 Å². The summed E-state index contributed by atoms with van der Waals surface area (Å²) in [5, 5.41) is 15.2. The largest absolute Gasteiger partial charge is 0.478 e. The monoisotopic (exact) mass is 240 g/mol. The molecule has 0 radical (unpaired) electrons. The van der Waals surface area contributed by atoms with Crippen LogP contribution in [0.25, 0.3) is 11.3 Å². The molecule has 0 saturated carbocycles. The van der Waals surface area contributed by atoms with Crippen molar-refractivity contribution in [3.8, 4) is 11.3 Å². The summed E-state index contributed by atoms with van der Waals surface area (Å²) < 4.78 is 12.8. The number of H-pyrrole nitrogens is 1. The number of halogens is 2. The van der Waals surface area contributed by atoms with E-state index in [2.05, 4.69) is 10.2 Å². The SMILES string of the molecule is O=C(O)c1cn[nH]c1-c1ccc(F)cc1Cl. The molecule has 0 atom stereocenters. The zero-order valence-electron chi connectivity index (χ0n) is 7.87. The maximum atomic E-state index is 12.8. The lowest BCUT2D eigenvalue weighted by Crippen LogP contribution is -1.97. The number of nitrogens with zero attached hydrogens (tertiary/aromatic N) is 1. The zero-order valence-corrected chi connectivity index (χ0v) is 8.62. The van der Waals surface area contributed by atoms with Crippen LogP contribution in [0.3, 0.4) is 0 Å². The van der Waals surface area contributed by atoms with Gasteiger partial charge in [0.05, 0.1) is 16.9 Å². The van der Waals surface area contributed by atoms with Crippen LogP contribution < -0.4 is 0 Å². The smallest absolute Gasteiger partial charge is 0.339 e. The first-order valence-electron chi connectivity index (χ1n) is 4.31. The topological polar surface area (TPSA) is 66.0 Å². The summed E-state index contributed by atoms with van der Waals surface area (Å²) in [7, 11) is 0. The van der Waals surface area contributed by atoms with E-state index >= 15 is 0 Å². The number of aromatic amines is 1. The molecule has 2 aromatic rings. The van der Waals surface area contributed by atoms with Gasteiger partial charge in [0.1, 0.15) is 11.4 Å². The molecule has 82 valence electrons. The number of aromatic nitrogens is 2. The highest BCUT2D eigenvalue weighted by Crippen LogP contribution is 2.29. The van der Waals surface area contributed by atoms with Gasteiger partial charge in [0.25, 0.3) is 0 Å². The van der Waals surface area contributed by atoms with Crippen LogP contribution in [0.2, 0.25) is 5.02 Å². The number of carbonyl (C=O) groups is 1. The number of hydrogen-bond acceptors (Lipinski definition) is 2. The van der Waals surface area contributed by atoms with Crippen molar-refractivity contribution >= 4 is 17.6 Å². The minimum absolute atomic E-state index is 0.00601. The third-order valence-electron chi connectivity index (χ3n) is 2.07. The first-order chi connectivity index (χ1) is 7.59. The predicted octanol–water partition coefficient (Wildman–Crippen LogP) is 2.57. The Kier molecular flexibility index (Phi) is 2.62. The average Bonchev–Trinajstić information content (AvgIpc) is 2.66. The van der Waals surface area contributed by atoms with Crippen molar-refractivity contribution in [1.29, 1.82) is 0 Å². The number of rotatable bonds is 2. The van der Waals surface area contributed by atoms with Crippen LogP contribution in [0.15, 0.2) is 24.4 Å².